The van der Waals surface area contributed by atoms with Crippen molar-refractivity contribution in [3.05, 3.63) is 107 Å². The van der Waals surface area contributed by atoms with Gasteiger partial charge in [0.2, 0.25) is 5.91 Å². The van der Waals surface area contributed by atoms with Gasteiger partial charge in [-0.15, -0.1) is 5.10 Å². The van der Waals surface area contributed by atoms with Gasteiger partial charge in [-0.05, 0) is 67.8 Å². The number of anilines is 2. The molecular weight excluding hydrogens is 604 g/mol. The average molecular weight is 631 g/mol. The first-order chi connectivity index (χ1) is 22.0. The van der Waals surface area contributed by atoms with E-state index >= 15 is 0 Å². The van der Waals surface area contributed by atoms with Crippen molar-refractivity contribution < 1.29 is 31.9 Å². The number of hydrogen-bond donors (Lipinski definition) is 2. The smallest absolute Gasteiger partial charge is 0.339 e. The van der Waals surface area contributed by atoms with E-state index in [0.717, 1.165) is 12.1 Å². The monoisotopic (exact) mass is 630 g/mol. The zero-order chi connectivity index (χ0) is 32.8. The van der Waals surface area contributed by atoms with E-state index in [2.05, 4.69) is 15.7 Å². The summed E-state index contributed by atoms with van der Waals surface area (Å²) < 4.78 is 55.9. The lowest BCUT2D eigenvalue weighted by Crippen LogP contribution is -2.55. The number of fused-ring (bicyclic) bond motifs is 1. The number of nitrogens with one attached hydrogen (secondary N) is 2. The van der Waals surface area contributed by atoms with Gasteiger partial charge in [0.15, 0.2) is 5.82 Å². The minimum atomic E-state index is -4.71. The van der Waals surface area contributed by atoms with Gasteiger partial charge in [-0.2, -0.15) is 18.4 Å². The largest absolute Gasteiger partial charge is 0.416 e. The predicted octanol–water partition coefficient (Wildman–Crippen LogP) is 5.57. The molecule has 1 fully saturated rings. The summed E-state index contributed by atoms with van der Waals surface area (Å²) in [5.41, 5.74) is -1.40. The van der Waals surface area contributed by atoms with Crippen LogP contribution in [-0.4, -0.2) is 40.1 Å². The van der Waals surface area contributed by atoms with Crippen LogP contribution in [-0.2, 0) is 15.8 Å². The quantitative estimate of drug-likeness (QED) is 0.259. The molecule has 1 aliphatic heterocycles. The minimum Gasteiger partial charge on any atom is -0.339 e. The molecule has 6 rings (SSSR count). The number of aromatic nitrogens is 2. The van der Waals surface area contributed by atoms with Crippen LogP contribution in [0.2, 0.25) is 0 Å². The van der Waals surface area contributed by atoms with Gasteiger partial charge in [0.1, 0.15) is 23.1 Å². The number of para-hydroxylation sites is 1. The van der Waals surface area contributed by atoms with Gasteiger partial charge >= 0.3 is 6.18 Å². The van der Waals surface area contributed by atoms with Crippen LogP contribution in [0.25, 0.3) is 5.69 Å². The molecule has 46 heavy (non-hydrogen) atoms. The van der Waals surface area contributed by atoms with Crippen molar-refractivity contribution in [1.82, 2.24) is 15.1 Å². The molecule has 0 spiro atoms. The van der Waals surface area contributed by atoms with Crippen LogP contribution < -0.4 is 15.5 Å². The molecule has 2 N–H and O–H groups in total. The number of nitrogens with zero attached hydrogens (tertiary/aromatic N) is 4. The fraction of sp³-hybridized carbons (Fsp3) is 0.242. The number of benzene rings is 3. The number of hydrogen-bond acceptors (Lipinski definition) is 5. The van der Waals surface area contributed by atoms with Crippen LogP contribution in [0.3, 0.4) is 0 Å². The molecule has 3 amide bonds. The minimum absolute atomic E-state index is 0.0176. The standard InChI is InChI=1S/C33H26F4N6O3/c1-2-42-29-25(27(40-31(46)32(18-38)15-16-32)41-43(29)23-9-4-3-5-10-23)24(19-11-13-22(34)14-12-19)26(30(42)45)39-28(44)20-7-6-8-21(17-20)33(35,36)37/h3-14,17,24,26H,2,15-16H2,1H3,(H,39,44)(H,40,41,46)/t24-,26-/m0/s1. The summed E-state index contributed by atoms with van der Waals surface area (Å²) in [5, 5.41) is 19.8. The first-order valence-corrected chi connectivity index (χ1v) is 14.4. The molecule has 0 saturated heterocycles. The number of rotatable bonds is 7. The number of amides is 3. The summed E-state index contributed by atoms with van der Waals surface area (Å²) in [7, 11) is 0. The number of carbonyl (C=O) groups is 3. The van der Waals surface area contributed by atoms with Crippen molar-refractivity contribution in [2.24, 2.45) is 5.41 Å². The van der Waals surface area contributed by atoms with Gasteiger partial charge in [-0.3, -0.25) is 19.3 Å². The van der Waals surface area contributed by atoms with Crippen molar-refractivity contribution in [3.63, 3.8) is 0 Å². The lowest BCUT2D eigenvalue weighted by molar-refractivity contribution is -0.137. The second kappa shape index (κ2) is 11.4. The van der Waals surface area contributed by atoms with Crippen LogP contribution in [0, 0.1) is 22.6 Å². The third-order valence-electron chi connectivity index (χ3n) is 8.24. The normalized spacial score (nSPS) is 18.3. The van der Waals surface area contributed by atoms with E-state index in [9.17, 15) is 37.2 Å². The number of likely N-dealkylation sites (N-methyl/N-ethyl adjacent to an activating group) is 1. The van der Waals surface area contributed by atoms with Crippen LogP contribution in [0.1, 0.15) is 52.7 Å². The summed E-state index contributed by atoms with van der Waals surface area (Å²) >= 11 is 0. The van der Waals surface area contributed by atoms with Crippen LogP contribution >= 0.6 is 0 Å². The SMILES string of the molecule is CCN1C(=O)[C@@H](NC(=O)c2cccc(C(F)(F)F)c2)[C@@H](c2ccc(F)cc2)c2c(NC(=O)C3(C#N)CC3)nn(-c3ccccc3)c21. The third kappa shape index (κ3) is 5.36. The Kier molecular flexibility index (Phi) is 7.59. The zero-order valence-corrected chi connectivity index (χ0v) is 24.3. The van der Waals surface area contributed by atoms with Crippen molar-refractivity contribution in [2.45, 2.75) is 37.9 Å². The molecule has 1 aliphatic carbocycles. The number of nitriles is 1. The molecule has 0 bridgehead atoms. The van der Waals surface area contributed by atoms with Gasteiger partial charge < -0.3 is 10.6 Å². The van der Waals surface area contributed by atoms with E-state index in [-0.39, 0.29) is 23.7 Å². The molecule has 3 aromatic carbocycles. The number of halogens is 4. The maximum Gasteiger partial charge on any atom is 0.416 e. The molecular formula is C33H26F4N6O3. The molecule has 2 heterocycles. The van der Waals surface area contributed by atoms with E-state index < -0.39 is 52.7 Å². The Morgan fingerprint density at radius 3 is 2.35 bits per heavy atom. The van der Waals surface area contributed by atoms with Crippen molar-refractivity contribution in [3.8, 4) is 11.8 Å². The zero-order valence-electron chi connectivity index (χ0n) is 24.3. The topological polar surface area (TPSA) is 120 Å². The van der Waals surface area contributed by atoms with Crippen LogP contribution in [0.15, 0.2) is 78.9 Å². The molecule has 9 nitrogen and oxygen atoms in total. The Hall–Kier alpha value is -5.51. The Balaban J connectivity index is 1.54. The van der Waals surface area contributed by atoms with Gasteiger partial charge in [0, 0.05) is 23.6 Å². The van der Waals surface area contributed by atoms with Gasteiger partial charge in [0.25, 0.3) is 11.8 Å². The number of carbonyl (C=O) groups excluding carboxylic acids is 3. The van der Waals surface area contributed by atoms with E-state index in [1.165, 1.54) is 39.9 Å². The van der Waals surface area contributed by atoms with Crippen LogP contribution in [0.5, 0.6) is 0 Å². The van der Waals surface area contributed by atoms with E-state index in [4.69, 9.17) is 0 Å². The summed E-state index contributed by atoms with van der Waals surface area (Å²) in [6.07, 6.45) is -4.00. The number of alkyl halides is 3. The second-order valence-electron chi connectivity index (χ2n) is 11.1. The van der Waals surface area contributed by atoms with E-state index in [1.54, 1.807) is 37.3 Å². The summed E-state index contributed by atoms with van der Waals surface area (Å²) in [5.74, 6) is -3.49. The lowest BCUT2D eigenvalue weighted by Gasteiger charge is -2.38. The molecule has 234 valence electrons. The highest BCUT2D eigenvalue weighted by Gasteiger charge is 2.52. The molecule has 2 atom stereocenters. The van der Waals surface area contributed by atoms with Crippen molar-refractivity contribution in [1.29, 1.82) is 5.26 Å². The first-order valence-electron chi connectivity index (χ1n) is 14.4. The molecule has 0 unspecified atom stereocenters. The van der Waals surface area contributed by atoms with Gasteiger partial charge in [-0.1, -0.05) is 36.4 Å². The predicted molar refractivity (Wildman–Crippen MR) is 158 cm³/mol. The fourth-order valence-electron chi connectivity index (χ4n) is 5.67. The average Bonchev–Trinajstić information content (AvgIpc) is 3.78. The Bertz CT molecular complexity index is 1880. The van der Waals surface area contributed by atoms with Gasteiger partial charge in [-0.25, -0.2) is 9.07 Å². The Labute approximate surface area is 260 Å². The molecule has 0 radical (unpaired) electrons. The second-order valence-corrected chi connectivity index (χ2v) is 11.1. The van der Waals surface area contributed by atoms with Gasteiger partial charge in [0.05, 0.1) is 17.3 Å². The highest BCUT2D eigenvalue weighted by Crippen LogP contribution is 2.49. The van der Waals surface area contributed by atoms with Crippen molar-refractivity contribution in [2.75, 3.05) is 16.8 Å². The van der Waals surface area contributed by atoms with Crippen molar-refractivity contribution >= 4 is 29.4 Å². The van der Waals surface area contributed by atoms with E-state index in [1.807, 2.05) is 6.07 Å². The maximum atomic E-state index is 14.3. The summed E-state index contributed by atoms with van der Waals surface area (Å²) in [4.78, 5) is 42.5. The Morgan fingerprint density at radius 2 is 1.74 bits per heavy atom. The highest BCUT2D eigenvalue weighted by atomic mass is 19.4. The fourth-order valence-corrected chi connectivity index (χ4v) is 5.67. The molecule has 4 aromatic rings. The summed E-state index contributed by atoms with van der Waals surface area (Å²) in [6.45, 7) is 1.78. The third-order valence-corrected chi connectivity index (χ3v) is 8.24. The molecule has 2 aliphatic rings. The summed E-state index contributed by atoms with van der Waals surface area (Å²) in [6, 6.07) is 18.4. The molecule has 1 aromatic heterocycles. The maximum absolute atomic E-state index is 14.3. The van der Waals surface area contributed by atoms with Crippen LogP contribution in [0.4, 0.5) is 29.2 Å². The lowest BCUT2D eigenvalue weighted by atomic mass is 9.81. The highest BCUT2D eigenvalue weighted by molar-refractivity contribution is 6.07. The first kappa shape index (κ1) is 30.5. The Morgan fingerprint density at radius 1 is 1.04 bits per heavy atom. The van der Waals surface area contributed by atoms with E-state index in [0.29, 0.717) is 35.7 Å². The molecule has 1 saturated carbocycles. The molecule has 13 heteroatoms.